The van der Waals surface area contributed by atoms with Gasteiger partial charge in [0.2, 0.25) is 0 Å². The van der Waals surface area contributed by atoms with Crippen molar-refractivity contribution in [1.82, 2.24) is 14.8 Å². The van der Waals surface area contributed by atoms with E-state index in [0.717, 1.165) is 17.5 Å². The summed E-state index contributed by atoms with van der Waals surface area (Å²) in [6.07, 6.45) is 2.54. The summed E-state index contributed by atoms with van der Waals surface area (Å²) in [4.78, 5) is 31.7. The number of nitrogens with one attached hydrogen (secondary N) is 1. The lowest BCUT2D eigenvalue weighted by Gasteiger charge is -2.22. The Hall–Kier alpha value is -2.56. The van der Waals surface area contributed by atoms with E-state index in [9.17, 15) is 9.59 Å². The minimum absolute atomic E-state index is 0.000177. The molecule has 1 aliphatic rings. The van der Waals surface area contributed by atoms with E-state index in [1.165, 1.54) is 0 Å². The molecule has 2 heterocycles. The normalized spacial score (nSPS) is 15.3. The first-order chi connectivity index (χ1) is 11.2. The SMILES string of the molecule is Cc1ccccc1C(=O)N1CCCN(C(=O)c2ccc[nH]2)CC1. The highest BCUT2D eigenvalue weighted by Crippen LogP contribution is 2.14. The van der Waals surface area contributed by atoms with Crippen molar-refractivity contribution in [3.05, 3.63) is 59.4 Å². The van der Waals surface area contributed by atoms with Gasteiger partial charge in [0.1, 0.15) is 5.69 Å². The Bertz CT molecular complexity index is 694. The van der Waals surface area contributed by atoms with Gasteiger partial charge in [0.25, 0.3) is 11.8 Å². The third kappa shape index (κ3) is 3.28. The van der Waals surface area contributed by atoms with Crippen LogP contribution < -0.4 is 0 Å². The molecule has 2 amide bonds. The quantitative estimate of drug-likeness (QED) is 0.925. The van der Waals surface area contributed by atoms with Crippen molar-refractivity contribution in [3.63, 3.8) is 0 Å². The molecule has 0 radical (unpaired) electrons. The van der Waals surface area contributed by atoms with E-state index in [4.69, 9.17) is 0 Å². The van der Waals surface area contributed by atoms with Crippen molar-refractivity contribution in [2.75, 3.05) is 26.2 Å². The third-order valence-electron chi connectivity index (χ3n) is 4.27. The zero-order valence-electron chi connectivity index (χ0n) is 13.3. The van der Waals surface area contributed by atoms with Gasteiger partial charge in [-0.15, -0.1) is 0 Å². The smallest absolute Gasteiger partial charge is 0.270 e. The van der Waals surface area contributed by atoms with Gasteiger partial charge in [-0.2, -0.15) is 0 Å². The van der Waals surface area contributed by atoms with Crippen molar-refractivity contribution in [2.24, 2.45) is 0 Å². The van der Waals surface area contributed by atoms with Crippen LogP contribution in [0.15, 0.2) is 42.6 Å². The van der Waals surface area contributed by atoms with Gasteiger partial charge in [-0.3, -0.25) is 9.59 Å². The molecular weight excluding hydrogens is 290 g/mol. The number of hydrogen-bond donors (Lipinski definition) is 1. The van der Waals surface area contributed by atoms with E-state index in [0.29, 0.717) is 31.9 Å². The Kier molecular flexibility index (Phi) is 4.46. The number of amides is 2. The van der Waals surface area contributed by atoms with Crippen LogP contribution in [0.1, 0.15) is 32.8 Å². The van der Waals surface area contributed by atoms with Crippen molar-refractivity contribution < 1.29 is 9.59 Å². The standard InChI is InChI=1S/C18H21N3O2/c1-14-6-2-3-7-15(14)17(22)20-10-5-11-21(13-12-20)18(23)16-8-4-9-19-16/h2-4,6-9,19H,5,10-13H2,1H3. The average Bonchev–Trinajstić information content (AvgIpc) is 2.98. The maximum Gasteiger partial charge on any atom is 0.270 e. The van der Waals surface area contributed by atoms with Crippen LogP contribution in [0, 0.1) is 6.92 Å². The molecule has 5 nitrogen and oxygen atoms in total. The molecule has 0 atom stereocenters. The fourth-order valence-corrected chi connectivity index (χ4v) is 2.94. The van der Waals surface area contributed by atoms with Crippen LogP contribution in [0.3, 0.4) is 0 Å². The number of aromatic amines is 1. The van der Waals surface area contributed by atoms with Gasteiger partial charge in [-0.1, -0.05) is 18.2 Å². The highest BCUT2D eigenvalue weighted by molar-refractivity contribution is 5.96. The number of H-pyrrole nitrogens is 1. The molecule has 1 fully saturated rings. The molecule has 1 N–H and O–H groups in total. The molecule has 1 aromatic carbocycles. The molecule has 1 saturated heterocycles. The van der Waals surface area contributed by atoms with E-state index in [2.05, 4.69) is 4.98 Å². The second-order valence-corrected chi connectivity index (χ2v) is 5.84. The van der Waals surface area contributed by atoms with E-state index in [1.807, 2.05) is 47.1 Å². The number of nitrogens with zero attached hydrogens (tertiary/aromatic N) is 2. The minimum atomic E-state index is 0.000177. The number of aryl methyl sites for hydroxylation is 1. The lowest BCUT2D eigenvalue weighted by molar-refractivity contribution is 0.0715. The third-order valence-corrected chi connectivity index (χ3v) is 4.27. The van der Waals surface area contributed by atoms with Gasteiger partial charge >= 0.3 is 0 Å². The summed E-state index contributed by atoms with van der Waals surface area (Å²) in [5, 5.41) is 0. The van der Waals surface area contributed by atoms with Gasteiger partial charge in [0.05, 0.1) is 0 Å². The Morgan fingerprint density at radius 1 is 0.913 bits per heavy atom. The predicted molar refractivity (Wildman–Crippen MR) is 88.4 cm³/mol. The van der Waals surface area contributed by atoms with Crippen molar-refractivity contribution in [3.8, 4) is 0 Å². The molecule has 0 saturated carbocycles. The van der Waals surface area contributed by atoms with Crippen LogP contribution in [0.2, 0.25) is 0 Å². The molecule has 0 bridgehead atoms. The summed E-state index contributed by atoms with van der Waals surface area (Å²) >= 11 is 0. The van der Waals surface area contributed by atoms with Gasteiger partial charge in [0.15, 0.2) is 0 Å². The van der Waals surface area contributed by atoms with Crippen LogP contribution in [0.4, 0.5) is 0 Å². The van der Waals surface area contributed by atoms with Gasteiger partial charge in [-0.05, 0) is 37.1 Å². The second-order valence-electron chi connectivity index (χ2n) is 5.84. The summed E-state index contributed by atoms with van der Waals surface area (Å²) in [5.74, 6) is 0.0532. The van der Waals surface area contributed by atoms with E-state index >= 15 is 0 Å². The summed E-state index contributed by atoms with van der Waals surface area (Å²) < 4.78 is 0. The van der Waals surface area contributed by atoms with Crippen LogP contribution in [0.25, 0.3) is 0 Å². The fourth-order valence-electron chi connectivity index (χ4n) is 2.94. The van der Waals surface area contributed by atoms with Crippen molar-refractivity contribution in [1.29, 1.82) is 0 Å². The number of carbonyl (C=O) groups excluding carboxylic acids is 2. The lowest BCUT2D eigenvalue weighted by atomic mass is 10.1. The molecular formula is C18H21N3O2. The molecule has 0 unspecified atom stereocenters. The minimum Gasteiger partial charge on any atom is -0.357 e. The maximum absolute atomic E-state index is 12.7. The zero-order chi connectivity index (χ0) is 16.2. The molecule has 1 aromatic heterocycles. The van der Waals surface area contributed by atoms with Crippen LogP contribution in [0.5, 0.6) is 0 Å². The lowest BCUT2D eigenvalue weighted by Crippen LogP contribution is -2.37. The van der Waals surface area contributed by atoms with Gasteiger partial charge in [0, 0.05) is 37.9 Å². The largest absolute Gasteiger partial charge is 0.357 e. The topological polar surface area (TPSA) is 56.4 Å². The predicted octanol–water partition coefficient (Wildman–Crippen LogP) is 2.31. The first kappa shape index (κ1) is 15.3. The average molecular weight is 311 g/mol. The van der Waals surface area contributed by atoms with E-state index in [-0.39, 0.29) is 11.8 Å². The molecule has 0 spiro atoms. The van der Waals surface area contributed by atoms with Gasteiger partial charge in [-0.25, -0.2) is 0 Å². The number of rotatable bonds is 2. The summed E-state index contributed by atoms with van der Waals surface area (Å²) in [6.45, 7) is 4.44. The molecule has 2 aromatic rings. The Morgan fingerprint density at radius 2 is 1.61 bits per heavy atom. The Morgan fingerprint density at radius 3 is 2.26 bits per heavy atom. The first-order valence-corrected chi connectivity index (χ1v) is 7.94. The number of carbonyl (C=O) groups is 2. The molecule has 0 aliphatic carbocycles. The second kappa shape index (κ2) is 6.69. The van der Waals surface area contributed by atoms with E-state index < -0.39 is 0 Å². The number of aromatic nitrogens is 1. The molecule has 3 rings (SSSR count). The van der Waals surface area contributed by atoms with Gasteiger partial charge < -0.3 is 14.8 Å². The first-order valence-electron chi connectivity index (χ1n) is 7.94. The Labute approximate surface area is 135 Å². The highest BCUT2D eigenvalue weighted by atomic mass is 16.2. The van der Waals surface area contributed by atoms with Crippen LogP contribution in [-0.4, -0.2) is 52.8 Å². The maximum atomic E-state index is 12.7. The summed E-state index contributed by atoms with van der Waals surface area (Å²) in [5.41, 5.74) is 2.33. The zero-order valence-corrected chi connectivity index (χ0v) is 13.3. The molecule has 5 heteroatoms. The number of hydrogen-bond acceptors (Lipinski definition) is 2. The monoisotopic (exact) mass is 311 g/mol. The van der Waals surface area contributed by atoms with E-state index in [1.54, 1.807) is 12.3 Å². The molecule has 23 heavy (non-hydrogen) atoms. The summed E-state index contributed by atoms with van der Waals surface area (Å²) in [6, 6.07) is 11.2. The van der Waals surface area contributed by atoms with Crippen molar-refractivity contribution in [2.45, 2.75) is 13.3 Å². The van der Waals surface area contributed by atoms with Crippen molar-refractivity contribution >= 4 is 11.8 Å². The molecule has 1 aliphatic heterocycles. The highest BCUT2D eigenvalue weighted by Gasteiger charge is 2.24. The summed E-state index contributed by atoms with van der Waals surface area (Å²) in [7, 11) is 0. The molecule has 120 valence electrons. The fraction of sp³-hybridized carbons (Fsp3) is 0.333. The Balaban J connectivity index is 1.68. The van der Waals surface area contributed by atoms with Crippen LogP contribution >= 0.6 is 0 Å². The van der Waals surface area contributed by atoms with Crippen LogP contribution in [-0.2, 0) is 0 Å². The number of benzene rings is 1.